The Labute approximate surface area is 131 Å². The fourth-order valence-corrected chi connectivity index (χ4v) is 2.46. The van der Waals surface area contributed by atoms with Crippen LogP contribution in [0.5, 0.6) is 5.75 Å². The third-order valence-electron chi connectivity index (χ3n) is 3.38. The molecule has 3 N–H and O–H groups in total. The maximum Gasteiger partial charge on any atom is 0.237 e. The molecule has 0 aliphatic rings. The number of benzene rings is 1. The highest BCUT2D eigenvalue weighted by atomic mass is 32.2. The molecule has 0 aromatic heterocycles. The lowest BCUT2D eigenvalue weighted by Gasteiger charge is -2.17. The average Bonchev–Trinajstić information content (AvgIpc) is 2.50. The molecule has 1 aromatic rings. The summed E-state index contributed by atoms with van der Waals surface area (Å²) in [6.45, 7) is 2.02. The van der Waals surface area contributed by atoms with E-state index in [0.29, 0.717) is 0 Å². The summed E-state index contributed by atoms with van der Waals surface area (Å²) in [6.07, 6.45) is 4.55. The lowest BCUT2D eigenvalue weighted by atomic mass is 10.1. The van der Waals surface area contributed by atoms with Crippen LogP contribution in [0.3, 0.4) is 0 Å². The number of methoxy groups -OCH3 is 1. The quantitative estimate of drug-likeness (QED) is 0.734. The summed E-state index contributed by atoms with van der Waals surface area (Å²) in [5.41, 5.74) is 7.09. The van der Waals surface area contributed by atoms with E-state index in [1.807, 2.05) is 25.3 Å². The molecule has 0 spiro atoms. The van der Waals surface area contributed by atoms with Crippen LogP contribution in [0, 0.1) is 0 Å². The average molecular weight is 310 g/mol. The van der Waals surface area contributed by atoms with Crippen molar-refractivity contribution in [2.24, 2.45) is 5.73 Å². The van der Waals surface area contributed by atoms with Crippen molar-refractivity contribution in [1.82, 2.24) is 5.32 Å². The number of rotatable bonds is 9. The molecule has 0 radical (unpaired) electrons. The SMILES string of the molecule is COc1ccc(CCC(C)NC(=O)[C@@H](N)CCSC)cc1. The molecule has 21 heavy (non-hydrogen) atoms. The topological polar surface area (TPSA) is 64.3 Å². The van der Waals surface area contributed by atoms with Gasteiger partial charge in [-0.2, -0.15) is 11.8 Å². The van der Waals surface area contributed by atoms with Gasteiger partial charge in [0.1, 0.15) is 5.75 Å². The van der Waals surface area contributed by atoms with Gasteiger partial charge in [-0.1, -0.05) is 12.1 Å². The van der Waals surface area contributed by atoms with Crippen LogP contribution in [0.2, 0.25) is 0 Å². The van der Waals surface area contributed by atoms with Crippen molar-refractivity contribution in [2.45, 2.75) is 38.3 Å². The maximum atomic E-state index is 11.9. The third-order valence-corrected chi connectivity index (χ3v) is 4.03. The molecule has 2 atom stereocenters. The van der Waals surface area contributed by atoms with E-state index in [0.717, 1.165) is 30.8 Å². The molecule has 0 aliphatic carbocycles. The van der Waals surface area contributed by atoms with Crippen molar-refractivity contribution in [3.8, 4) is 5.75 Å². The van der Waals surface area contributed by atoms with Crippen LogP contribution >= 0.6 is 11.8 Å². The molecule has 1 amide bonds. The van der Waals surface area contributed by atoms with E-state index in [1.165, 1.54) is 5.56 Å². The molecule has 118 valence electrons. The molecule has 0 aliphatic heterocycles. The van der Waals surface area contributed by atoms with Gasteiger partial charge in [0.05, 0.1) is 13.2 Å². The largest absolute Gasteiger partial charge is 0.497 e. The second kappa shape index (κ2) is 9.68. The van der Waals surface area contributed by atoms with Gasteiger partial charge >= 0.3 is 0 Å². The monoisotopic (exact) mass is 310 g/mol. The number of aryl methyl sites for hydroxylation is 1. The van der Waals surface area contributed by atoms with Crippen LogP contribution in [0.1, 0.15) is 25.3 Å². The molecular formula is C16H26N2O2S. The fraction of sp³-hybridized carbons (Fsp3) is 0.562. The Morgan fingerprint density at radius 1 is 1.33 bits per heavy atom. The van der Waals surface area contributed by atoms with Gasteiger partial charge in [0, 0.05) is 6.04 Å². The first-order valence-electron chi connectivity index (χ1n) is 7.24. The predicted molar refractivity (Wildman–Crippen MR) is 89.9 cm³/mol. The Kier molecular flexibility index (Phi) is 8.23. The number of nitrogens with one attached hydrogen (secondary N) is 1. The van der Waals surface area contributed by atoms with E-state index in [4.69, 9.17) is 10.5 Å². The summed E-state index contributed by atoms with van der Waals surface area (Å²) in [7, 11) is 1.66. The lowest BCUT2D eigenvalue weighted by molar-refractivity contribution is -0.123. The van der Waals surface area contributed by atoms with Gasteiger partial charge in [-0.3, -0.25) is 4.79 Å². The zero-order valence-corrected chi connectivity index (χ0v) is 13.9. The van der Waals surface area contributed by atoms with Gasteiger partial charge in [-0.05, 0) is 55.9 Å². The molecule has 1 aromatic carbocycles. The zero-order chi connectivity index (χ0) is 15.7. The Morgan fingerprint density at radius 3 is 2.57 bits per heavy atom. The minimum Gasteiger partial charge on any atom is -0.497 e. The van der Waals surface area contributed by atoms with Crippen LogP contribution in [0.25, 0.3) is 0 Å². The molecule has 0 saturated carbocycles. The Bertz CT molecular complexity index is 423. The van der Waals surface area contributed by atoms with Crippen LogP contribution < -0.4 is 15.8 Å². The summed E-state index contributed by atoms with van der Waals surface area (Å²) in [5.74, 6) is 1.72. The number of hydrogen-bond donors (Lipinski definition) is 2. The van der Waals surface area contributed by atoms with E-state index in [-0.39, 0.29) is 11.9 Å². The molecule has 4 nitrogen and oxygen atoms in total. The summed E-state index contributed by atoms with van der Waals surface area (Å²) in [4.78, 5) is 11.9. The maximum absolute atomic E-state index is 11.9. The van der Waals surface area contributed by atoms with Crippen molar-refractivity contribution >= 4 is 17.7 Å². The van der Waals surface area contributed by atoms with Gasteiger partial charge in [0.2, 0.25) is 5.91 Å². The predicted octanol–water partition coefficient (Wildman–Crippen LogP) is 2.21. The molecule has 0 heterocycles. The van der Waals surface area contributed by atoms with Gasteiger partial charge in [0.25, 0.3) is 0 Å². The second-order valence-electron chi connectivity index (χ2n) is 5.18. The fourth-order valence-electron chi connectivity index (χ4n) is 1.97. The summed E-state index contributed by atoms with van der Waals surface area (Å²) < 4.78 is 5.13. The number of nitrogens with two attached hydrogens (primary N) is 1. The van der Waals surface area contributed by atoms with E-state index >= 15 is 0 Å². The van der Waals surface area contributed by atoms with E-state index in [1.54, 1.807) is 18.9 Å². The molecule has 1 unspecified atom stereocenters. The van der Waals surface area contributed by atoms with Crippen LogP contribution in [-0.2, 0) is 11.2 Å². The number of carbonyl (C=O) groups is 1. The lowest BCUT2D eigenvalue weighted by Crippen LogP contribution is -2.44. The number of amides is 1. The van der Waals surface area contributed by atoms with Crippen LogP contribution in [0.4, 0.5) is 0 Å². The number of thioether (sulfide) groups is 1. The number of ether oxygens (including phenoxy) is 1. The summed E-state index contributed by atoms with van der Waals surface area (Å²) in [5, 5.41) is 2.98. The smallest absolute Gasteiger partial charge is 0.237 e. The Morgan fingerprint density at radius 2 is 2.00 bits per heavy atom. The van der Waals surface area contributed by atoms with Crippen LogP contribution in [0.15, 0.2) is 24.3 Å². The zero-order valence-electron chi connectivity index (χ0n) is 13.1. The normalized spacial score (nSPS) is 13.5. The molecule has 1 rings (SSSR count). The highest BCUT2D eigenvalue weighted by molar-refractivity contribution is 7.98. The number of hydrogen-bond acceptors (Lipinski definition) is 4. The van der Waals surface area contributed by atoms with Crippen molar-refractivity contribution < 1.29 is 9.53 Å². The Hall–Kier alpha value is -1.20. The van der Waals surface area contributed by atoms with E-state index in [9.17, 15) is 4.79 Å². The molecular weight excluding hydrogens is 284 g/mol. The second-order valence-corrected chi connectivity index (χ2v) is 6.17. The highest BCUT2D eigenvalue weighted by Crippen LogP contribution is 2.13. The summed E-state index contributed by atoms with van der Waals surface area (Å²) >= 11 is 1.71. The Balaban J connectivity index is 2.32. The first kappa shape index (κ1) is 17.9. The van der Waals surface area contributed by atoms with Gasteiger partial charge in [0.15, 0.2) is 0 Å². The van der Waals surface area contributed by atoms with Gasteiger partial charge in [-0.25, -0.2) is 0 Å². The standard InChI is InChI=1S/C16H26N2O2S/c1-12(18-16(19)15(17)10-11-21-3)4-5-13-6-8-14(20-2)9-7-13/h6-9,12,15H,4-5,10-11,17H2,1-3H3,(H,18,19)/t12?,15-/m0/s1. The van der Waals surface area contributed by atoms with Gasteiger partial charge < -0.3 is 15.8 Å². The van der Waals surface area contributed by atoms with Crippen molar-refractivity contribution in [3.63, 3.8) is 0 Å². The van der Waals surface area contributed by atoms with Crippen molar-refractivity contribution in [2.75, 3.05) is 19.1 Å². The highest BCUT2D eigenvalue weighted by Gasteiger charge is 2.15. The van der Waals surface area contributed by atoms with Crippen LogP contribution in [-0.4, -0.2) is 37.1 Å². The van der Waals surface area contributed by atoms with Crippen molar-refractivity contribution in [3.05, 3.63) is 29.8 Å². The molecule has 5 heteroatoms. The first-order valence-corrected chi connectivity index (χ1v) is 8.64. The van der Waals surface area contributed by atoms with E-state index in [2.05, 4.69) is 17.4 Å². The molecule has 0 fully saturated rings. The first-order chi connectivity index (χ1) is 10.1. The minimum absolute atomic E-state index is 0.0497. The number of carbonyl (C=O) groups excluding carboxylic acids is 1. The van der Waals surface area contributed by atoms with E-state index < -0.39 is 6.04 Å². The van der Waals surface area contributed by atoms with Gasteiger partial charge in [-0.15, -0.1) is 0 Å². The minimum atomic E-state index is -0.402. The molecule has 0 saturated heterocycles. The van der Waals surface area contributed by atoms with Crippen molar-refractivity contribution in [1.29, 1.82) is 0 Å². The summed E-state index contributed by atoms with van der Waals surface area (Å²) in [6, 6.07) is 7.74. The molecule has 0 bridgehead atoms. The third kappa shape index (κ3) is 6.87.